The molecule has 0 amide bonds. The van der Waals surface area contributed by atoms with Crippen LogP contribution in [0.4, 0.5) is 0 Å². The summed E-state index contributed by atoms with van der Waals surface area (Å²) < 4.78 is 16.0. The number of hydrogen-bond donors (Lipinski definition) is 1. The minimum atomic E-state index is -1.17. The van der Waals surface area contributed by atoms with E-state index >= 15 is 0 Å². The predicted octanol–water partition coefficient (Wildman–Crippen LogP) is 3.13. The fraction of sp³-hybridized carbons (Fsp3) is 0.231. The molecule has 0 aliphatic rings. The number of ether oxygens (including phenoxy) is 2. The number of carboxylic acid groups (broad SMARTS) is 1. The summed E-state index contributed by atoms with van der Waals surface area (Å²) in [6.07, 6.45) is 0. The van der Waals surface area contributed by atoms with Crippen molar-refractivity contribution in [2.24, 2.45) is 0 Å². The molecule has 0 aliphatic carbocycles. The largest absolute Gasteiger partial charge is 0.495 e. The molecule has 0 spiro atoms. The Morgan fingerprint density at radius 1 is 1.30 bits per heavy atom. The van der Waals surface area contributed by atoms with Gasteiger partial charge in [0, 0.05) is 11.6 Å². The molecule has 0 saturated heterocycles. The monoisotopic (exact) mass is 341 g/mol. The van der Waals surface area contributed by atoms with E-state index in [1.165, 1.54) is 13.2 Å². The molecule has 2 rings (SSSR count). The highest BCUT2D eigenvalue weighted by atomic mass is 79.9. The lowest BCUT2D eigenvalue weighted by atomic mass is 10.1. The first-order valence-corrected chi connectivity index (χ1v) is 6.40. The molecule has 6 nitrogen and oxygen atoms in total. The van der Waals surface area contributed by atoms with Gasteiger partial charge in [0.2, 0.25) is 5.76 Å². The fourth-order valence-electron chi connectivity index (χ4n) is 1.89. The average molecular weight is 342 g/mol. The number of rotatable bonds is 4. The van der Waals surface area contributed by atoms with Gasteiger partial charge in [-0.2, -0.15) is 0 Å². The van der Waals surface area contributed by atoms with E-state index in [4.69, 9.17) is 19.1 Å². The Morgan fingerprint density at radius 3 is 2.45 bits per heavy atom. The molecule has 2 aromatic rings. The van der Waals surface area contributed by atoms with Gasteiger partial charge in [0.15, 0.2) is 0 Å². The highest BCUT2D eigenvalue weighted by Crippen LogP contribution is 2.43. The number of halogens is 1. The topological polar surface area (TPSA) is 81.8 Å². The van der Waals surface area contributed by atoms with E-state index in [1.54, 1.807) is 13.2 Å². The van der Waals surface area contributed by atoms with Crippen LogP contribution < -0.4 is 9.47 Å². The number of hydrogen-bond acceptors (Lipinski definition) is 5. The van der Waals surface area contributed by atoms with Crippen LogP contribution >= 0.6 is 15.9 Å². The smallest absolute Gasteiger partial charge is 0.374 e. The van der Waals surface area contributed by atoms with Crippen molar-refractivity contribution in [2.75, 3.05) is 14.2 Å². The highest BCUT2D eigenvalue weighted by molar-refractivity contribution is 9.10. The number of aromatic nitrogens is 1. The zero-order valence-electron chi connectivity index (χ0n) is 11.1. The van der Waals surface area contributed by atoms with Crippen LogP contribution in [0.2, 0.25) is 0 Å². The second-order valence-corrected chi connectivity index (χ2v) is 4.80. The maximum absolute atomic E-state index is 10.8. The lowest BCUT2D eigenvalue weighted by Crippen LogP contribution is -1.96. The highest BCUT2D eigenvalue weighted by Gasteiger charge is 2.21. The van der Waals surface area contributed by atoms with Crippen LogP contribution in [0.5, 0.6) is 11.5 Å². The van der Waals surface area contributed by atoms with Gasteiger partial charge in [-0.05, 0) is 34.5 Å². The number of methoxy groups -OCH3 is 2. The SMILES string of the molecule is COc1c(C)cc(-c2cc(C(=O)O)on2)c(OC)c1Br. The van der Waals surface area contributed by atoms with E-state index in [-0.39, 0.29) is 5.76 Å². The van der Waals surface area contributed by atoms with Crippen LogP contribution in [-0.2, 0) is 0 Å². The van der Waals surface area contributed by atoms with Gasteiger partial charge in [0.05, 0.1) is 14.2 Å². The van der Waals surface area contributed by atoms with Crippen LogP contribution in [0.25, 0.3) is 11.3 Å². The standard InChI is InChI=1S/C13H12BrNO5/c1-6-4-7(8-5-9(13(16)17)20-15-8)12(19-3)10(14)11(6)18-2/h4-5H,1-3H3,(H,16,17). The first-order valence-electron chi connectivity index (χ1n) is 5.61. The third-order valence-corrected chi connectivity index (χ3v) is 3.49. The number of nitrogens with zero attached hydrogens (tertiary/aromatic N) is 1. The van der Waals surface area contributed by atoms with Gasteiger partial charge in [0.25, 0.3) is 0 Å². The van der Waals surface area contributed by atoms with E-state index in [0.717, 1.165) is 5.56 Å². The molecule has 0 atom stereocenters. The summed E-state index contributed by atoms with van der Waals surface area (Å²) in [7, 11) is 3.07. The van der Waals surface area contributed by atoms with Gasteiger partial charge in [-0.15, -0.1) is 0 Å². The summed E-state index contributed by atoms with van der Waals surface area (Å²) in [5, 5.41) is 12.6. The van der Waals surface area contributed by atoms with Gasteiger partial charge in [-0.1, -0.05) is 5.16 Å². The Morgan fingerprint density at radius 2 is 1.95 bits per heavy atom. The van der Waals surface area contributed by atoms with Gasteiger partial charge < -0.3 is 19.1 Å². The molecule has 0 bridgehead atoms. The summed E-state index contributed by atoms with van der Waals surface area (Å²) >= 11 is 3.41. The molecule has 1 aromatic carbocycles. The second kappa shape index (κ2) is 5.54. The van der Waals surface area contributed by atoms with Crippen molar-refractivity contribution in [3.63, 3.8) is 0 Å². The van der Waals surface area contributed by atoms with E-state index in [1.807, 2.05) is 6.92 Å². The maximum atomic E-state index is 10.8. The average Bonchev–Trinajstić information content (AvgIpc) is 2.88. The first kappa shape index (κ1) is 14.4. The Labute approximate surface area is 123 Å². The molecule has 1 heterocycles. The van der Waals surface area contributed by atoms with Crippen molar-refractivity contribution in [3.8, 4) is 22.8 Å². The van der Waals surface area contributed by atoms with Crippen molar-refractivity contribution in [1.82, 2.24) is 5.16 Å². The van der Waals surface area contributed by atoms with E-state index in [0.29, 0.717) is 27.2 Å². The van der Waals surface area contributed by atoms with Gasteiger partial charge in [-0.25, -0.2) is 4.79 Å². The van der Waals surface area contributed by atoms with Crippen LogP contribution in [0.15, 0.2) is 21.1 Å². The molecular formula is C13H12BrNO5. The molecule has 0 unspecified atom stereocenters. The molecular weight excluding hydrogens is 330 g/mol. The van der Waals surface area contributed by atoms with E-state index in [2.05, 4.69) is 21.1 Å². The van der Waals surface area contributed by atoms with Gasteiger partial charge >= 0.3 is 5.97 Å². The molecule has 106 valence electrons. The third kappa shape index (κ3) is 2.36. The molecule has 0 saturated carbocycles. The van der Waals surface area contributed by atoms with Crippen molar-refractivity contribution >= 4 is 21.9 Å². The molecule has 0 radical (unpaired) electrons. The van der Waals surface area contributed by atoms with Crippen molar-refractivity contribution in [3.05, 3.63) is 27.9 Å². The van der Waals surface area contributed by atoms with Crippen LogP contribution in [0.1, 0.15) is 16.1 Å². The summed E-state index contributed by atoms with van der Waals surface area (Å²) in [4.78, 5) is 10.8. The number of aryl methyl sites for hydroxylation is 1. The number of carbonyl (C=O) groups is 1. The molecule has 7 heteroatoms. The van der Waals surface area contributed by atoms with Gasteiger partial charge in [0.1, 0.15) is 21.7 Å². The first-order chi connectivity index (χ1) is 9.49. The summed E-state index contributed by atoms with van der Waals surface area (Å²) in [6, 6.07) is 3.14. The second-order valence-electron chi connectivity index (χ2n) is 4.00. The Balaban J connectivity index is 2.63. The van der Waals surface area contributed by atoms with Crippen LogP contribution in [0, 0.1) is 6.92 Å². The normalized spacial score (nSPS) is 10.4. The summed E-state index contributed by atoms with van der Waals surface area (Å²) in [6.45, 7) is 1.87. The predicted molar refractivity (Wildman–Crippen MR) is 74.4 cm³/mol. The van der Waals surface area contributed by atoms with Gasteiger partial charge in [-0.3, -0.25) is 0 Å². The van der Waals surface area contributed by atoms with Crippen molar-refractivity contribution in [1.29, 1.82) is 0 Å². The number of carboxylic acids is 1. The van der Waals surface area contributed by atoms with Crippen molar-refractivity contribution in [2.45, 2.75) is 6.92 Å². The molecule has 0 aliphatic heterocycles. The zero-order valence-corrected chi connectivity index (χ0v) is 12.6. The van der Waals surface area contributed by atoms with E-state index in [9.17, 15) is 4.79 Å². The summed E-state index contributed by atoms with van der Waals surface area (Å²) in [5.41, 5.74) is 1.86. The summed E-state index contributed by atoms with van der Waals surface area (Å²) in [5.74, 6) is -0.260. The Hall–Kier alpha value is -2.02. The fourth-order valence-corrected chi connectivity index (χ4v) is 2.74. The van der Waals surface area contributed by atoms with E-state index < -0.39 is 5.97 Å². The van der Waals surface area contributed by atoms with Crippen molar-refractivity contribution < 1.29 is 23.9 Å². The zero-order chi connectivity index (χ0) is 14.9. The quantitative estimate of drug-likeness (QED) is 0.919. The molecule has 1 aromatic heterocycles. The minimum Gasteiger partial charge on any atom is -0.495 e. The molecule has 1 N–H and O–H groups in total. The molecule has 0 fully saturated rings. The lowest BCUT2D eigenvalue weighted by molar-refractivity contribution is 0.0652. The maximum Gasteiger partial charge on any atom is 0.374 e. The Bertz CT molecular complexity index is 665. The molecule has 20 heavy (non-hydrogen) atoms. The lowest BCUT2D eigenvalue weighted by Gasteiger charge is -2.14. The number of aromatic carboxylic acids is 1. The van der Waals surface area contributed by atoms with Crippen LogP contribution in [0.3, 0.4) is 0 Å². The number of benzene rings is 1. The third-order valence-electron chi connectivity index (χ3n) is 2.77. The van der Waals surface area contributed by atoms with Crippen LogP contribution in [-0.4, -0.2) is 30.5 Å². The Kier molecular flexibility index (Phi) is 3.99. The minimum absolute atomic E-state index is 0.230.